The van der Waals surface area contributed by atoms with Crippen LogP contribution in [0.3, 0.4) is 0 Å². The van der Waals surface area contributed by atoms with Crippen molar-refractivity contribution in [1.29, 1.82) is 0 Å². The molecule has 1 heterocycles. The molecule has 2 amide bonds. The summed E-state index contributed by atoms with van der Waals surface area (Å²) >= 11 is 0. The third-order valence-corrected chi connectivity index (χ3v) is 4.88. The van der Waals surface area contributed by atoms with E-state index in [1.165, 1.54) is 10.7 Å². The monoisotopic (exact) mass is 396 g/mol. The molecule has 0 unspecified atom stereocenters. The van der Waals surface area contributed by atoms with Crippen LogP contribution in [0.1, 0.15) is 33.7 Å². The van der Waals surface area contributed by atoms with Gasteiger partial charge in [-0.2, -0.15) is 5.10 Å². The number of hydrogen-bond donors (Lipinski definition) is 2. The topological polar surface area (TPSA) is 90.0 Å². The van der Waals surface area contributed by atoms with E-state index < -0.39 is 17.5 Å². The van der Waals surface area contributed by atoms with Crippen LogP contribution in [0.4, 0.5) is 14.5 Å². The SMILES string of the molecule is NC(=O)Cc1ccc(NC(=O)c2nn(-c3ccc(F)c(F)c3)c3c2CCC3)cc1. The molecule has 1 aromatic heterocycles. The van der Waals surface area contributed by atoms with E-state index in [1.807, 2.05) is 0 Å². The number of nitrogens with zero attached hydrogens (tertiary/aromatic N) is 2. The van der Waals surface area contributed by atoms with Gasteiger partial charge in [-0.15, -0.1) is 0 Å². The minimum Gasteiger partial charge on any atom is -0.369 e. The lowest BCUT2D eigenvalue weighted by atomic mass is 10.1. The van der Waals surface area contributed by atoms with Gasteiger partial charge in [-0.05, 0) is 49.1 Å². The highest BCUT2D eigenvalue weighted by atomic mass is 19.2. The van der Waals surface area contributed by atoms with Crippen LogP contribution in [0.15, 0.2) is 42.5 Å². The number of amides is 2. The first kappa shape index (κ1) is 18.8. The van der Waals surface area contributed by atoms with Crippen LogP contribution in [-0.2, 0) is 24.1 Å². The summed E-state index contributed by atoms with van der Waals surface area (Å²) in [4.78, 5) is 23.8. The molecule has 29 heavy (non-hydrogen) atoms. The molecule has 0 bridgehead atoms. The van der Waals surface area contributed by atoms with Crippen molar-refractivity contribution in [3.63, 3.8) is 0 Å². The number of benzene rings is 2. The van der Waals surface area contributed by atoms with Crippen molar-refractivity contribution < 1.29 is 18.4 Å². The van der Waals surface area contributed by atoms with Crippen LogP contribution >= 0.6 is 0 Å². The number of carbonyl (C=O) groups excluding carboxylic acids is 2. The van der Waals surface area contributed by atoms with E-state index in [0.717, 1.165) is 35.4 Å². The Labute approximate surface area is 165 Å². The van der Waals surface area contributed by atoms with Crippen molar-refractivity contribution in [2.45, 2.75) is 25.7 Å². The molecule has 6 nitrogen and oxygen atoms in total. The van der Waals surface area contributed by atoms with Crippen LogP contribution in [0, 0.1) is 11.6 Å². The second-order valence-corrected chi connectivity index (χ2v) is 6.93. The van der Waals surface area contributed by atoms with Crippen molar-refractivity contribution in [1.82, 2.24) is 9.78 Å². The number of halogens is 2. The van der Waals surface area contributed by atoms with Crippen LogP contribution in [0.2, 0.25) is 0 Å². The van der Waals surface area contributed by atoms with E-state index in [9.17, 15) is 18.4 Å². The molecule has 2 aromatic carbocycles. The minimum absolute atomic E-state index is 0.125. The highest BCUT2D eigenvalue weighted by Crippen LogP contribution is 2.29. The van der Waals surface area contributed by atoms with Crippen molar-refractivity contribution in [2.24, 2.45) is 5.73 Å². The predicted octanol–water partition coefficient (Wildman–Crippen LogP) is 2.92. The number of hydrogen-bond acceptors (Lipinski definition) is 3. The van der Waals surface area contributed by atoms with Crippen molar-refractivity contribution >= 4 is 17.5 Å². The number of primary amides is 1. The van der Waals surface area contributed by atoms with E-state index in [2.05, 4.69) is 10.4 Å². The van der Waals surface area contributed by atoms with E-state index in [0.29, 0.717) is 24.2 Å². The number of aromatic nitrogens is 2. The third kappa shape index (κ3) is 3.73. The highest BCUT2D eigenvalue weighted by molar-refractivity contribution is 6.04. The first-order valence-electron chi connectivity index (χ1n) is 9.17. The molecule has 0 atom stereocenters. The number of anilines is 1. The maximum atomic E-state index is 13.7. The van der Waals surface area contributed by atoms with Gasteiger partial charge in [-0.3, -0.25) is 9.59 Å². The quantitative estimate of drug-likeness (QED) is 0.695. The summed E-state index contributed by atoms with van der Waals surface area (Å²) in [5.41, 5.74) is 8.77. The zero-order valence-electron chi connectivity index (χ0n) is 15.4. The molecule has 0 saturated heterocycles. The molecule has 4 rings (SSSR count). The van der Waals surface area contributed by atoms with Gasteiger partial charge in [0.15, 0.2) is 17.3 Å². The predicted molar refractivity (Wildman–Crippen MR) is 103 cm³/mol. The van der Waals surface area contributed by atoms with Crippen molar-refractivity contribution in [2.75, 3.05) is 5.32 Å². The largest absolute Gasteiger partial charge is 0.369 e. The standard InChI is InChI=1S/C21H18F2N4O2/c22-16-9-8-14(11-17(16)23)27-18-3-1-2-15(18)20(26-27)21(29)25-13-6-4-12(5-7-13)10-19(24)28/h4-9,11H,1-3,10H2,(H2,24,28)(H,25,29). The van der Waals surface area contributed by atoms with Gasteiger partial charge < -0.3 is 11.1 Å². The lowest BCUT2D eigenvalue weighted by Gasteiger charge is -2.06. The van der Waals surface area contributed by atoms with Gasteiger partial charge in [-0.1, -0.05) is 12.1 Å². The van der Waals surface area contributed by atoms with Gasteiger partial charge in [0.1, 0.15) is 0 Å². The zero-order chi connectivity index (χ0) is 20.5. The Hall–Kier alpha value is -3.55. The summed E-state index contributed by atoms with van der Waals surface area (Å²) in [5.74, 6) is -2.71. The molecule has 1 aliphatic carbocycles. The molecule has 1 aliphatic rings. The average molecular weight is 396 g/mol. The second kappa shape index (κ2) is 7.46. The Morgan fingerprint density at radius 3 is 2.52 bits per heavy atom. The molecular formula is C21H18F2N4O2. The Morgan fingerprint density at radius 1 is 1.07 bits per heavy atom. The summed E-state index contributed by atoms with van der Waals surface area (Å²) in [7, 11) is 0. The number of nitrogens with two attached hydrogens (primary N) is 1. The zero-order valence-corrected chi connectivity index (χ0v) is 15.4. The molecule has 3 aromatic rings. The highest BCUT2D eigenvalue weighted by Gasteiger charge is 2.27. The van der Waals surface area contributed by atoms with Gasteiger partial charge in [-0.25, -0.2) is 13.5 Å². The minimum atomic E-state index is -0.966. The summed E-state index contributed by atoms with van der Waals surface area (Å²) in [6, 6.07) is 10.3. The lowest BCUT2D eigenvalue weighted by molar-refractivity contribution is -0.117. The van der Waals surface area contributed by atoms with E-state index in [4.69, 9.17) is 5.73 Å². The molecule has 0 spiro atoms. The van der Waals surface area contributed by atoms with Crippen LogP contribution in [-0.4, -0.2) is 21.6 Å². The number of fused-ring (bicyclic) bond motifs is 1. The summed E-state index contributed by atoms with van der Waals surface area (Å²) < 4.78 is 28.4. The van der Waals surface area contributed by atoms with Gasteiger partial charge in [0.05, 0.1) is 12.1 Å². The van der Waals surface area contributed by atoms with Gasteiger partial charge in [0.2, 0.25) is 5.91 Å². The van der Waals surface area contributed by atoms with Crippen LogP contribution in [0.5, 0.6) is 0 Å². The summed E-state index contributed by atoms with van der Waals surface area (Å²) in [6.07, 6.45) is 2.38. The third-order valence-electron chi connectivity index (χ3n) is 4.88. The first-order chi connectivity index (χ1) is 13.9. The van der Waals surface area contributed by atoms with Gasteiger partial charge in [0.25, 0.3) is 5.91 Å². The summed E-state index contributed by atoms with van der Waals surface area (Å²) in [6.45, 7) is 0. The Balaban J connectivity index is 1.61. The maximum absolute atomic E-state index is 13.7. The van der Waals surface area contributed by atoms with Crippen LogP contribution < -0.4 is 11.1 Å². The second-order valence-electron chi connectivity index (χ2n) is 6.93. The van der Waals surface area contributed by atoms with Crippen molar-refractivity contribution in [3.8, 4) is 5.69 Å². The molecule has 148 valence electrons. The first-order valence-corrected chi connectivity index (χ1v) is 9.17. The molecule has 0 saturated carbocycles. The summed E-state index contributed by atoms with van der Waals surface area (Å²) in [5, 5.41) is 7.17. The molecule has 8 heteroatoms. The van der Waals surface area contributed by atoms with E-state index >= 15 is 0 Å². The van der Waals surface area contributed by atoms with Gasteiger partial charge >= 0.3 is 0 Å². The van der Waals surface area contributed by atoms with Crippen LogP contribution in [0.25, 0.3) is 5.69 Å². The smallest absolute Gasteiger partial charge is 0.276 e. The van der Waals surface area contributed by atoms with Crippen molar-refractivity contribution in [3.05, 3.63) is 76.6 Å². The normalized spacial score (nSPS) is 12.6. The average Bonchev–Trinajstić information content (AvgIpc) is 3.28. The molecule has 0 fully saturated rings. The molecular weight excluding hydrogens is 378 g/mol. The number of rotatable bonds is 5. The van der Waals surface area contributed by atoms with E-state index in [-0.39, 0.29) is 18.0 Å². The van der Waals surface area contributed by atoms with E-state index in [1.54, 1.807) is 24.3 Å². The fourth-order valence-electron chi connectivity index (χ4n) is 3.55. The Kier molecular flexibility index (Phi) is 4.84. The number of nitrogens with one attached hydrogen (secondary N) is 1. The Bertz CT molecular complexity index is 1110. The molecule has 0 radical (unpaired) electrons. The Morgan fingerprint density at radius 2 is 1.83 bits per heavy atom. The maximum Gasteiger partial charge on any atom is 0.276 e. The lowest BCUT2D eigenvalue weighted by Crippen LogP contribution is -2.15. The molecule has 0 aliphatic heterocycles. The molecule has 3 N–H and O–H groups in total. The van der Waals surface area contributed by atoms with Gasteiger partial charge in [0, 0.05) is 23.0 Å². The number of carbonyl (C=O) groups is 2. The fourth-order valence-corrected chi connectivity index (χ4v) is 3.55. The fraction of sp³-hybridized carbons (Fsp3) is 0.190.